The van der Waals surface area contributed by atoms with Crippen molar-refractivity contribution in [2.75, 3.05) is 26.4 Å². The van der Waals surface area contributed by atoms with E-state index in [9.17, 15) is 4.79 Å². The number of amides is 1. The molecule has 3 rings (SSSR count). The SMILES string of the molecule is Cc1ccc(Sc2ncccc2C(=O)NC[C@@H]2COCCO2)cc1C. The number of aromatic nitrogens is 1. The molecule has 6 heteroatoms. The summed E-state index contributed by atoms with van der Waals surface area (Å²) >= 11 is 1.50. The molecule has 0 aliphatic carbocycles. The molecule has 1 N–H and O–H groups in total. The van der Waals surface area contributed by atoms with E-state index in [1.807, 2.05) is 0 Å². The highest BCUT2D eigenvalue weighted by molar-refractivity contribution is 7.99. The van der Waals surface area contributed by atoms with Gasteiger partial charge >= 0.3 is 0 Å². The van der Waals surface area contributed by atoms with Gasteiger partial charge in [0.25, 0.3) is 5.91 Å². The molecule has 2 heterocycles. The number of hydrogen-bond donors (Lipinski definition) is 1. The zero-order valence-electron chi connectivity index (χ0n) is 14.5. The first-order valence-corrected chi connectivity index (χ1v) is 9.13. The summed E-state index contributed by atoms with van der Waals surface area (Å²) in [6, 6.07) is 9.82. The van der Waals surface area contributed by atoms with Crippen LogP contribution in [0.3, 0.4) is 0 Å². The number of ether oxygens (including phenoxy) is 2. The second-order valence-corrected chi connectivity index (χ2v) is 7.04. The molecule has 1 fully saturated rings. The van der Waals surface area contributed by atoms with E-state index in [1.165, 1.54) is 22.9 Å². The third kappa shape index (κ3) is 4.81. The molecule has 25 heavy (non-hydrogen) atoms. The van der Waals surface area contributed by atoms with E-state index in [-0.39, 0.29) is 12.0 Å². The van der Waals surface area contributed by atoms with Gasteiger partial charge in [-0.3, -0.25) is 4.79 Å². The number of pyridine rings is 1. The van der Waals surface area contributed by atoms with E-state index in [0.717, 1.165) is 4.90 Å². The highest BCUT2D eigenvalue weighted by atomic mass is 32.2. The number of nitrogens with one attached hydrogen (secondary N) is 1. The Kier molecular flexibility index (Phi) is 6.07. The Bertz CT molecular complexity index is 745. The molecule has 1 aliphatic heterocycles. The lowest BCUT2D eigenvalue weighted by atomic mass is 10.1. The van der Waals surface area contributed by atoms with Gasteiger partial charge in [-0.15, -0.1) is 0 Å². The largest absolute Gasteiger partial charge is 0.376 e. The average molecular weight is 358 g/mol. The first-order chi connectivity index (χ1) is 12.1. The summed E-state index contributed by atoms with van der Waals surface area (Å²) in [4.78, 5) is 18.0. The summed E-state index contributed by atoms with van der Waals surface area (Å²) in [5, 5.41) is 3.62. The predicted octanol–water partition coefficient (Wildman–Crippen LogP) is 2.99. The summed E-state index contributed by atoms with van der Waals surface area (Å²) in [6.07, 6.45) is 1.61. The second-order valence-electron chi connectivity index (χ2n) is 5.98. The van der Waals surface area contributed by atoms with Gasteiger partial charge in [-0.25, -0.2) is 4.98 Å². The van der Waals surface area contributed by atoms with Crippen LogP contribution in [-0.4, -0.2) is 43.4 Å². The van der Waals surface area contributed by atoms with E-state index < -0.39 is 0 Å². The van der Waals surface area contributed by atoms with Crippen molar-refractivity contribution in [2.45, 2.75) is 29.9 Å². The molecule has 1 atom stereocenters. The van der Waals surface area contributed by atoms with Gasteiger partial charge < -0.3 is 14.8 Å². The normalized spacial score (nSPS) is 17.3. The van der Waals surface area contributed by atoms with Crippen LogP contribution in [0.2, 0.25) is 0 Å². The van der Waals surface area contributed by atoms with E-state index >= 15 is 0 Å². The molecule has 0 unspecified atom stereocenters. The zero-order valence-corrected chi connectivity index (χ0v) is 15.3. The number of nitrogens with zero attached hydrogens (tertiary/aromatic N) is 1. The molecular formula is C19H22N2O3S. The molecule has 0 saturated carbocycles. The standard InChI is InChI=1S/C19H22N2O3S/c1-13-5-6-16(10-14(13)2)25-19-17(4-3-7-20-19)18(22)21-11-15-12-23-8-9-24-15/h3-7,10,15H,8-9,11-12H2,1-2H3,(H,21,22)/t15-/m1/s1. The Balaban J connectivity index is 1.69. The maximum absolute atomic E-state index is 12.6. The summed E-state index contributed by atoms with van der Waals surface area (Å²) in [5.41, 5.74) is 3.04. The minimum absolute atomic E-state index is 0.0924. The van der Waals surface area contributed by atoms with Gasteiger partial charge in [-0.2, -0.15) is 0 Å². The molecule has 0 radical (unpaired) electrons. The van der Waals surface area contributed by atoms with E-state index in [1.54, 1.807) is 18.3 Å². The van der Waals surface area contributed by atoms with Crippen molar-refractivity contribution < 1.29 is 14.3 Å². The summed E-state index contributed by atoms with van der Waals surface area (Å²) in [7, 11) is 0. The monoisotopic (exact) mass is 358 g/mol. The van der Waals surface area contributed by atoms with Gasteiger partial charge in [0.2, 0.25) is 0 Å². The zero-order chi connectivity index (χ0) is 17.6. The number of benzene rings is 1. The van der Waals surface area contributed by atoms with Crippen LogP contribution >= 0.6 is 11.8 Å². The molecule has 0 spiro atoms. The van der Waals surface area contributed by atoms with E-state index in [0.29, 0.717) is 37.0 Å². The van der Waals surface area contributed by atoms with Gasteiger partial charge in [0.15, 0.2) is 0 Å². The minimum atomic E-state index is -0.145. The summed E-state index contributed by atoms with van der Waals surface area (Å²) in [5.74, 6) is -0.145. The fourth-order valence-electron chi connectivity index (χ4n) is 2.49. The van der Waals surface area contributed by atoms with E-state index in [2.05, 4.69) is 42.3 Å². The number of carbonyl (C=O) groups is 1. The third-order valence-electron chi connectivity index (χ3n) is 4.08. The van der Waals surface area contributed by atoms with Crippen LogP contribution in [0.25, 0.3) is 0 Å². The van der Waals surface area contributed by atoms with Crippen molar-refractivity contribution in [3.63, 3.8) is 0 Å². The Morgan fingerprint density at radius 2 is 2.16 bits per heavy atom. The van der Waals surface area contributed by atoms with Gasteiger partial charge in [-0.1, -0.05) is 17.8 Å². The number of rotatable bonds is 5. The lowest BCUT2D eigenvalue weighted by Crippen LogP contribution is -2.39. The Hall–Kier alpha value is -1.89. The van der Waals surface area contributed by atoms with Crippen LogP contribution in [0.1, 0.15) is 21.5 Å². The maximum atomic E-state index is 12.6. The van der Waals surface area contributed by atoms with Crippen molar-refractivity contribution in [1.29, 1.82) is 0 Å². The lowest BCUT2D eigenvalue weighted by Gasteiger charge is -2.23. The van der Waals surface area contributed by atoms with Crippen LogP contribution in [0.15, 0.2) is 46.5 Å². The average Bonchev–Trinajstić information content (AvgIpc) is 2.64. The molecule has 5 nitrogen and oxygen atoms in total. The fourth-order valence-corrected chi connectivity index (χ4v) is 3.47. The molecule has 1 aromatic carbocycles. The Labute approximate surface area is 152 Å². The van der Waals surface area contributed by atoms with Crippen molar-refractivity contribution in [3.05, 3.63) is 53.2 Å². The smallest absolute Gasteiger partial charge is 0.254 e. The highest BCUT2D eigenvalue weighted by Gasteiger charge is 2.18. The molecule has 1 aromatic heterocycles. The van der Waals surface area contributed by atoms with Crippen LogP contribution in [-0.2, 0) is 9.47 Å². The van der Waals surface area contributed by atoms with Crippen LogP contribution in [0.4, 0.5) is 0 Å². The van der Waals surface area contributed by atoms with Crippen molar-refractivity contribution >= 4 is 17.7 Å². The number of carbonyl (C=O) groups excluding carboxylic acids is 1. The first kappa shape index (κ1) is 17.9. The summed E-state index contributed by atoms with van der Waals surface area (Å²) in [6.45, 7) is 6.29. The fraction of sp³-hybridized carbons (Fsp3) is 0.368. The summed E-state index contributed by atoms with van der Waals surface area (Å²) < 4.78 is 10.9. The van der Waals surface area contributed by atoms with Gasteiger partial charge in [0.05, 0.1) is 31.5 Å². The topological polar surface area (TPSA) is 60.5 Å². The maximum Gasteiger partial charge on any atom is 0.254 e. The quantitative estimate of drug-likeness (QED) is 0.890. The molecule has 0 bridgehead atoms. The van der Waals surface area contributed by atoms with Crippen LogP contribution < -0.4 is 5.32 Å². The molecule has 1 amide bonds. The predicted molar refractivity (Wildman–Crippen MR) is 97.2 cm³/mol. The van der Waals surface area contributed by atoms with Crippen molar-refractivity contribution in [2.24, 2.45) is 0 Å². The highest BCUT2D eigenvalue weighted by Crippen LogP contribution is 2.29. The first-order valence-electron chi connectivity index (χ1n) is 8.31. The Morgan fingerprint density at radius 1 is 1.28 bits per heavy atom. The van der Waals surface area contributed by atoms with Crippen molar-refractivity contribution in [1.82, 2.24) is 10.3 Å². The van der Waals surface area contributed by atoms with Gasteiger partial charge in [-0.05, 0) is 49.2 Å². The molecule has 132 valence electrons. The number of hydrogen-bond acceptors (Lipinski definition) is 5. The molecular weight excluding hydrogens is 336 g/mol. The van der Waals surface area contributed by atoms with Crippen molar-refractivity contribution in [3.8, 4) is 0 Å². The van der Waals surface area contributed by atoms with Crippen LogP contribution in [0, 0.1) is 13.8 Å². The lowest BCUT2D eigenvalue weighted by molar-refractivity contribution is -0.0855. The van der Waals surface area contributed by atoms with E-state index in [4.69, 9.17) is 9.47 Å². The molecule has 1 saturated heterocycles. The van der Waals surface area contributed by atoms with Crippen LogP contribution in [0.5, 0.6) is 0 Å². The Morgan fingerprint density at radius 3 is 2.92 bits per heavy atom. The molecule has 2 aromatic rings. The second kappa shape index (κ2) is 8.47. The minimum Gasteiger partial charge on any atom is -0.376 e. The number of aryl methyl sites for hydroxylation is 2. The molecule has 1 aliphatic rings. The van der Waals surface area contributed by atoms with Gasteiger partial charge in [0, 0.05) is 17.6 Å². The van der Waals surface area contributed by atoms with Gasteiger partial charge in [0.1, 0.15) is 5.03 Å². The third-order valence-corrected chi connectivity index (χ3v) is 5.09.